The van der Waals surface area contributed by atoms with Crippen LogP contribution in [0.25, 0.3) is 0 Å². The zero-order valence-corrected chi connectivity index (χ0v) is 17.1. The van der Waals surface area contributed by atoms with Gasteiger partial charge in [-0.3, -0.25) is 4.98 Å². The van der Waals surface area contributed by atoms with E-state index in [2.05, 4.69) is 22.1 Å². The lowest BCUT2D eigenvalue weighted by Crippen LogP contribution is -2.46. The van der Waals surface area contributed by atoms with Crippen LogP contribution in [0.2, 0.25) is 0 Å². The van der Waals surface area contributed by atoms with Crippen molar-refractivity contribution >= 4 is 0 Å². The molecule has 2 aliphatic rings. The summed E-state index contributed by atoms with van der Waals surface area (Å²) in [6, 6.07) is 6.14. The number of unbranched alkanes of at least 4 members (excludes halogenated alkanes) is 1. The second-order valence-electron chi connectivity index (χ2n) is 8.78. The van der Waals surface area contributed by atoms with Gasteiger partial charge in [-0.1, -0.05) is 25.3 Å². The van der Waals surface area contributed by atoms with E-state index >= 15 is 0 Å². The molecule has 1 aliphatic carbocycles. The molecule has 3 heterocycles. The maximum absolute atomic E-state index is 12.6. The van der Waals surface area contributed by atoms with Crippen LogP contribution in [-0.2, 0) is 22.7 Å². The Kier molecular flexibility index (Phi) is 6.09. The van der Waals surface area contributed by atoms with E-state index in [1.165, 1.54) is 25.2 Å². The first-order valence-electron chi connectivity index (χ1n) is 10.8. The van der Waals surface area contributed by atoms with Crippen molar-refractivity contribution in [1.29, 1.82) is 0 Å². The van der Waals surface area contributed by atoms with E-state index in [1.807, 2.05) is 12.3 Å². The number of nitrogens with zero attached hydrogens (tertiary/aromatic N) is 3. The predicted molar refractivity (Wildman–Crippen MR) is 107 cm³/mol. The summed E-state index contributed by atoms with van der Waals surface area (Å²) in [4.78, 5) is 11.6. The molecule has 0 bridgehead atoms. The quantitative estimate of drug-likeness (QED) is 0.567. The Labute approximate surface area is 175 Å². The van der Waals surface area contributed by atoms with E-state index in [0.717, 1.165) is 62.8 Å². The van der Waals surface area contributed by atoms with Crippen LogP contribution in [-0.4, -0.2) is 27.2 Å². The fraction of sp³-hybridized carbons (Fsp3) is 0.609. The number of ether oxygens (including phenoxy) is 1. The molecule has 1 spiro atoms. The SMILES string of the molecule is FC(F)(F)c1ncc(CCCC[C@@]2(c3ccccn3)CCOC3(CCCC3)C2)cn1. The van der Waals surface area contributed by atoms with Crippen molar-refractivity contribution in [3.05, 3.63) is 53.9 Å². The molecule has 162 valence electrons. The second-order valence-corrected chi connectivity index (χ2v) is 8.78. The molecule has 0 unspecified atom stereocenters. The van der Waals surface area contributed by atoms with Gasteiger partial charge in [0.05, 0.1) is 5.60 Å². The molecule has 1 saturated heterocycles. The fourth-order valence-corrected chi connectivity index (χ4v) is 5.22. The van der Waals surface area contributed by atoms with Gasteiger partial charge in [0.25, 0.3) is 0 Å². The molecule has 0 amide bonds. The number of alkyl halides is 3. The highest BCUT2D eigenvalue weighted by atomic mass is 19.4. The Morgan fingerprint density at radius 3 is 2.40 bits per heavy atom. The molecule has 7 heteroatoms. The molecule has 30 heavy (non-hydrogen) atoms. The smallest absolute Gasteiger partial charge is 0.375 e. The van der Waals surface area contributed by atoms with Crippen LogP contribution in [0.3, 0.4) is 0 Å². The number of aryl methyl sites for hydroxylation is 1. The number of hydrogen-bond acceptors (Lipinski definition) is 4. The van der Waals surface area contributed by atoms with Crippen LogP contribution in [0, 0.1) is 0 Å². The fourth-order valence-electron chi connectivity index (χ4n) is 5.22. The molecule has 2 fully saturated rings. The second kappa shape index (κ2) is 8.61. The van der Waals surface area contributed by atoms with Crippen LogP contribution in [0.4, 0.5) is 13.2 Å². The van der Waals surface area contributed by atoms with Gasteiger partial charge in [-0.2, -0.15) is 13.2 Å². The van der Waals surface area contributed by atoms with Crippen LogP contribution < -0.4 is 0 Å². The molecular formula is C23H28F3N3O. The maximum Gasteiger partial charge on any atom is 0.451 e. The summed E-state index contributed by atoms with van der Waals surface area (Å²) >= 11 is 0. The van der Waals surface area contributed by atoms with Crippen molar-refractivity contribution in [3.63, 3.8) is 0 Å². The first-order chi connectivity index (χ1) is 14.4. The Bertz CT molecular complexity index is 820. The molecule has 0 N–H and O–H groups in total. The predicted octanol–water partition coefficient (Wildman–Crippen LogP) is 5.66. The Hall–Kier alpha value is -2.02. The van der Waals surface area contributed by atoms with Crippen molar-refractivity contribution < 1.29 is 17.9 Å². The first-order valence-corrected chi connectivity index (χ1v) is 10.8. The van der Waals surface area contributed by atoms with Crippen molar-refractivity contribution in [2.75, 3.05) is 6.61 Å². The summed E-state index contributed by atoms with van der Waals surface area (Å²) in [5.74, 6) is -1.08. The molecule has 4 rings (SSSR count). The van der Waals surface area contributed by atoms with E-state index in [9.17, 15) is 13.2 Å². The lowest BCUT2D eigenvalue weighted by Gasteiger charge is -2.46. The first kappa shape index (κ1) is 21.2. The zero-order chi connectivity index (χ0) is 21.1. The minimum Gasteiger partial charge on any atom is -0.375 e. The third kappa shape index (κ3) is 4.66. The molecule has 1 aliphatic heterocycles. The number of hydrogen-bond donors (Lipinski definition) is 0. The summed E-state index contributed by atoms with van der Waals surface area (Å²) in [6.07, 6.45) is 10.2. The van der Waals surface area contributed by atoms with Gasteiger partial charge in [-0.05, 0) is 62.6 Å². The summed E-state index contributed by atoms with van der Waals surface area (Å²) in [5, 5.41) is 0. The zero-order valence-electron chi connectivity index (χ0n) is 17.1. The molecule has 0 radical (unpaired) electrons. The topological polar surface area (TPSA) is 47.9 Å². The van der Waals surface area contributed by atoms with Crippen molar-refractivity contribution in [1.82, 2.24) is 15.0 Å². The minimum absolute atomic E-state index is 0.00294. The van der Waals surface area contributed by atoms with Crippen LogP contribution in [0.1, 0.15) is 74.9 Å². The molecular weight excluding hydrogens is 391 g/mol. The van der Waals surface area contributed by atoms with Crippen molar-refractivity contribution in [2.45, 2.75) is 81.4 Å². The molecule has 0 aromatic carbocycles. The average Bonchev–Trinajstić information content (AvgIpc) is 3.19. The van der Waals surface area contributed by atoms with E-state index in [-0.39, 0.29) is 11.0 Å². The minimum atomic E-state index is -4.49. The number of halogens is 3. The van der Waals surface area contributed by atoms with Gasteiger partial charge in [0.2, 0.25) is 5.82 Å². The van der Waals surface area contributed by atoms with E-state index < -0.39 is 12.0 Å². The van der Waals surface area contributed by atoms with Gasteiger partial charge in [0.1, 0.15) is 0 Å². The third-order valence-corrected chi connectivity index (χ3v) is 6.70. The van der Waals surface area contributed by atoms with Gasteiger partial charge >= 0.3 is 6.18 Å². The van der Waals surface area contributed by atoms with Crippen LogP contribution in [0.5, 0.6) is 0 Å². The number of rotatable bonds is 6. The molecule has 1 atom stereocenters. The molecule has 2 aromatic heterocycles. The molecule has 1 saturated carbocycles. The summed E-state index contributed by atoms with van der Waals surface area (Å²) in [6.45, 7) is 0.767. The van der Waals surface area contributed by atoms with E-state index in [1.54, 1.807) is 0 Å². The molecule has 2 aromatic rings. The summed E-state index contributed by atoms with van der Waals surface area (Å²) in [7, 11) is 0. The number of pyridine rings is 1. The largest absolute Gasteiger partial charge is 0.451 e. The standard InChI is InChI=1S/C23H28F3N3O/c24-23(25,26)20-28-15-18(16-29-20)7-1-3-9-21(19-8-2-6-13-27-19)12-14-30-22(17-21)10-4-5-11-22/h2,6,8,13,15-16H,1,3-5,7,9-12,14,17H2/t21-/m1/s1. The van der Waals surface area contributed by atoms with Crippen LogP contribution >= 0.6 is 0 Å². The van der Waals surface area contributed by atoms with Gasteiger partial charge in [0, 0.05) is 36.3 Å². The summed E-state index contributed by atoms with van der Waals surface area (Å²) < 4.78 is 44.1. The van der Waals surface area contributed by atoms with Gasteiger partial charge in [-0.25, -0.2) is 9.97 Å². The van der Waals surface area contributed by atoms with E-state index in [4.69, 9.17) is 9.72 Å². The molecule has 4 nitrogen and oxygen atoms in total. The highest BCUT2D eigenvalue weighted by molar-refractivity contribution is 5.20. The van der Waals surface area contributed by atoms with Gasteiger partial charge < -0.3 is 4.74 Å². The lowest BCUT2D eigenvalue weighted by molar-refractivity contribution is -0.145. The van der Waals surface area contributed by atoms with Gasteiger partial charge in [0.15, 0.2) is 0 Å². The number of aromatic nitrogens is 3. The monoisotopic (exact) mass is 419 g/mol. The third-order valence-electron chi connectivity index (χ3n) is 6.70. The normalized spacial score (nSPS) is 23.7. The highest BCUT2D eigenvalue weighted by Crippen LogP contribution is 2.50. The van der Waals surface area contributed by atoms with Gasteiger partial charge in [-0.15, -0.1) is 0 Å². The highest BCUT2D eigenvalue weighted by Gasteiger charge is 2.48. The average molecular weight is 419 g/mol. The van der Waals surface area contributed by atoms with Crippen molar-refractivity contribution in [3.8, 4) is 0 Å². The Morgan fingerprint density at radius 1 is 0.967 bits per heavy atom. The maximum atomic E-state index is 12.6. The Balaban J connectivity index is 1.41. The van der Waals surface area contributed by atoms with E-state index in [0.29, 0.717) is 6.42 Å². The lowest BCUT2D eigenvalue weighted by atomic mass is 9.67. The Morgan fingerprint density at radius 2 is 1.73 bits per heavy atom. The summed E-state index contributed by atoms with van der Waals surface area (Å²) in [5.41, 5.74) is 1.91. The van der Waals surface area contributed by atoms with Crippen LogP contribution in [0.15, 0.2) is 36.8 Å². The van der Waals surface area contributed by atoms with Crippen molar-refractivity contribution in [2.24, 2.45) is 0 Å².